The zero-order chi connectivity index (χ0) is 21.6. The molecule has 2 aliphatic rings. The van der Waals surface area contributed by atoms with Crippen LogP contribution in [0.2, 0.25) is 0 Å². The SMILES string of the molecule is O=C(NCCCN1CCNCCNCCNCC1)C1=CN(Cc2ccccc2)C=CC1. The van der Waals surface area contributed by atoms with Crippen LogP contribution in [0.25, 0.3) is 0 Å². The summed E-state index contributed by atoms with van der Waals surface area (Å²) in [7, 11) is 0. The van der Waals surface area contributed by atoms with E-state index in [1.165, 1.54) is 5.56 Å². The number of carbonyl (C=O) groups excluding carboxylic acids is 1. The van der Waals surface area contributed by atoms with Crippen LogP contribution in [0.4, 0.5) is 0 Å². The molecule has 1 amide bonds. The lowest BCUT2D eigenvalue weighted by molar-refractivity contribution is -0.117. The van der Waals surface area contributed by atoms with Gasteiger partial charge in [0, 0.05) is 83.4 Å². The molecule has 0 atom stereocenters. The van der Waals surface area contributed by atoms with E-state index in [0.29, 0.717) is 13.0 Å². The second-order valence-corrected chi connectivity index (χ2v) is 8.10. The fourth-order valence-electron chi connectivity index (χ4n) is 3.81. The standard InChI is InChI=1S/C24H38N6O/c31-24(23-8-4-16-30(21-23)20-22-6-2-1-3-7-22)28-9-5-17-29-18-14-26-12-10-25-11-13-27-15-19-29/h1-4,6-7,16,21,25-27H,5,8-15,17-20H2,(H,28,31). The van der Waals surface area contributed by atoms with Crippen molar-refractivity contribution in [3.05, 3.63) is 59.9 Å². The van der Waals surface area contributed by atoms with Gasteiger partial charge in [-0.3, -0.25) is 4.79 Å². The van der Waals surface area contributed by atoms with Crippen molar-refractivity contribution in [2.24, 2.45) is 0 Å². The Bertz CT molecular complexity index is 693. The maximum atomic E-state index is 12.6. The Morgan fingerprint density at radius 3 is 2.32 bits per heavy atom. The summed E-state index contributed by atoms with van der Waals surface area (Å²) in [5.74, 6) is 0.0481. The van der Waals surface area contributed by atoms with Gasteiger partial charge < -0.3 is 31.1 Å². The molecule has 2 heterocycles. The Hall–Kier alpha value is -2.19. The molecule has 0 saturated carbocycles. The van der Waals surface area contributed by atoms with E-state index in [1.807, 2.05) is 24.4 Å². The van der Waals surface area contributed by atoms with Crippen molar-refractivity contribution < 1.29 is 4.79 Å². The number of benzene rings is 1. The molecule has 3 rings (SSSR count). The molecule has 0 aromatic heterocycles. The Morgan fingerprint density at radius 2 is 1.61 bits per heavy atom. The molecule has 1 saturated heterocycles. The minimum absolute atomic E-state index is 0.0481. The number of allylic oxidation sites excluding steroid dienone is 1. The summed E-state index contributed by atoms with van der Waals surface area (Å²) >= 11 is 0. The molecule has 0 bridgehead atoms. The molecule has 4 N–H and O–H groups in total. The molecular weight excluding hydrogens is 388 g/mol. The summed E-state index contributed by atoms with van der Waals surface area (Å²) in [5.41, 5.74) is 2.06. The second-order valence-electron chi connectivity index (χ2n) is 8.10. The zero-order valence-corrected chi connectivity index (χ0v) is 18.6. The Labute approximate surface area is 186 Å². The van der Waals surface area contributed by atoms with E-state index < -0.39 is 0 Å². The highest BCUT2D eigenvalue weighted by Crippen LogP contribution is 2.15. The van der Waals surface area contributed by atoms with Gasteiger partial charge >= 0.3 is 0 Å². The van der Waals surface area contributed by atoms with Crippen molar-refractivity contribution in [2.75, 3.05) is 65.4 Å². The van der Waals surface area contributed by atoms with Crippen LogP contribution < -0.4 is 21.3 Å². The largest absolute Gasteiger partial charge is 0.352 e. The third-order valence-corrected chi connectivity index (χ3v) is 5.56. The fraction of sp³-hybridized carbons (Fsp3) is 0.542. The average Bonchev–Trinajstić information content (AvgIpc) is 2.79. The molecule has 170 valence electrons. The monoisotopic (exact) mass is 426 g/mol. The first kappa shape index (κ1) is 23.5. The van der Waals surface area contributed by atoms with Crippen LogP contribution in [0.3, 0.4) is 0 Å². The number of carbonyl (C=O) groups is 1. The van der Waals surface area contributed by atoms with Gasteiger partial charge in [-0.25, -0.2) is 0 Å². The summed E-state index contributed by atoms with van der Waals surface area (Å²) in [6.07, 6.45) is 7.74. The zero-order valence-electron chi connectivity index (χ0n) is 18.6. The lowest BCUT2D eigenvalue weighted by Gasteiger charge is -2.24. The smallest absolute Gasteiger partial charge is 0.248 e. The number of hydrogen-bond acceptors (Lipinski definition) is 6. The fourth-order valence-corrected chi connectivity index (χ4v) is 3.81. The van der Waals surface area contributed by atoms with Crippen LogP contribution in [0, 0.1) is 0 Å². The lowest BCUT2D eigenvalue weighted by Crippen LogP contribution is -2.42. The van der Waals surface area contributed by atoms with Crippen molar-refractivity contribution >= 4 is 5.91 Å². The minimum Gasteiger partial charge on any atom is -0.352 e. The normalized spacial score (nSPS) is 19.2. The molecule has 2 aliphatic heterocycles. The van der Waals surface area contributed by atoms with E-state index in [-0.39, 0.29) is 5.91 Å². The van der Waals surface area contributed by atoms with Gasteiger partial charge in [-0.05, 0) is 24.9 Å². The maximum absolute atomic E-state index is 12.6. The van der Waals surface area contributed by atoms with Gasteiger partial charge in [0.2, 0.25) is 5.91 Å². The predicted molar refractivity (Wildman–Crippen MR) is 127 cm³/mol. The van der Waals surface area contributed by atoms with Crippen LogP contribution in [0.5, 0.6) is 0 Å². The van der Waals surface area contributed by atoms with Crippen molar-refractivity contribution in [1.82, 2.24) is 31.1 Å². The van der Waals surface area contributed by atoms with Gasteiger partial charge in [0.25, 0.3) is 0 Å². The molecule has 31 heavy (non-hydrogen) atoms. The second kappa shape index (κ2) is 14.0. The van der Waals surface area contributed by atoms with Crippen LogP contribution in [0.15, 0.2) is 54.4 Å². The summed E-state index contributed by atoms with van der Waals surface area (Å²) in [4.78, 5) is 17.2. The van der Waals surface area contributed by atoms with Gasteiger partial charge in [-0.1, -0.05) is 36.4 Å². The first-order valence-corrected chi connectivity index (χ1v) is 11.6. The van der Waals surface area contributed by atoms with Crippen LogP contribution >= 0.6 is 0 Å². The number of nitrogens with zero attached hydrogens (tertiary/aromatic N) is 2. The lowest BCUT2D eigenvalue weighted by atomic mass is 10.1. The first-order chi connectivity index (χ1) is 15.3. The summed E-state index contributed by atoms with van der Waals surface area (Å²) in [6, 6.07) is 10.3. The summed E-state index contributed by atoms with van der Waals surface area (Å²) in [6.45, 7) is 10.6. The van der Waals surface area contributed by atoms with Crippen molar-refractivity contribution in [3.63, 3.8) is 0 Å². The highest BCUT2D eigenvalue weighted by atomic mass is 16.1. The van der Waals surface area contributed by atoms with E-state index in [1.54, 1.807) is 0 Å². The summed E-state index contributed by atoms with van der Waals surface area (Å²) in [5, 5.41) is 13.5. The topological polar surface area (TPSA) is 71.7 Å². The van der Waals surface area contributed by atoms with E-state index in [2.05, 4.69) is 55.5 Å². The van der Waals surface area contributed by atoms with Crippen molar-refractivity contribution in [1.29, 1.82) is 0 Å². The number of hydrogen-bond donors (Lipinski definition) is 4. The molecule has 0 unspecified atom stereocenters. The molecule has 7 heteroatoms. The molecule has 0 spiro atoms. The molecule has 1 aromatic rings. The van der Waals surface area contributed by atoms with Gasteiger partial charge in [-0.15, -0.1) is 0 Å². The molecular formula is C24H38N6O. The molecule has 1 aromatic carbocycles. The number of rotatable bonds is 7. The van der Waals surface area contributed by atoms with Crippen molar-refractivity contribution in [2.45, 2.75) is 19.4 Å². The Kier molecular flexibility index (Phi) is 10.6. The van der Waals surface area contributed by atoms with E-state index in [0.717, 1.165) is 77.4 Å². The molecule has 0 aliphatic carbocycles. The van der Waals surface area contributed by atoms with Gasteiger partial charge in [0.05, 0.1) is 0 Å². The van der Waals surface area contributed by atoms with Crippen molar-refractivity contribution in [3.8, 4) is 0 Å². The molecule has 1 fully saturated rings. The highest BCUT2D eigenvalue weighted by Gasteiger charge is 2.13. The highest BCUT2D eigenvalue weighted by molar-refractivity contribution is 5.93. The maximum Gasteiger partial charge on any atom is 0.248 e. The van der Waals surface area contributed by atoms with Crippen LogP contribution in [-0.4, -0.2) is 81.2 Å². The third kappa shape index (κ3) is 9.23. The predicted octanol–water partition coefficient (Wildman–Crippen LogP) is 0.881. The molecule has 0 radical (unpaired) electrons. The van der Waals surface area contributed by atoms with E-state index >= 15 is 0 Å². The van der Waals surface area contributed by atoms with Gasteiger partial charge in [0.15, 0.2) is 0 Å². The van der Waals surface area contributed by atoms with Gasteiger partial charge in [0.1, 0.15) is 0 Å². The summed E-state index contributed by atoms with van der Waals surface area (Å²) < 4.78 is 0. The van der Waals surface area contributed by atoms with Crippen LogP contribution in [0.1, 0.15) is 18.4 Å². The molecule has 7 nitrogen and oxygen atoms in total. The first-order valence-electron chi connectivity index (χ1n) is 11.6. The minimum atomic E-state index is 0.0481. The van der Waals surface area contributed by atoms with E-state index in [9.17, 15) is 4.79 Å². The van der Waals surface area contributed by atoms with Gasteiger partial charge in [-0.2, -0.15) is 0 Å². The number of amides is 1. The quantitative estimate of drug-likeness (QED) is 0.486. The van der Waals surface area contributed by atoms with Crippen LogP contribution in [-0.2, 0) is 11.3 Å². The van der Waals surface area contributed by atoms with E-state index in [4.69, 9.17) is 0 Å². The third-order valence-electron chi connectivity index (χ3n) is 5.56. The Morgan fingerprint density at radius 1 is 0.935 bits per heavy atom. The Balaban J connectivity index is 1.37. The number of nitrogens with one attached hydrogen (secondary N) is 4. The average molecular weight is 427 g/mol.